The molecule has 8 atom stereocenters. The summed E-state index contributed by atoms with van der Waals surface area (Å²) >= 11 is 0. The number of fused-ring (bicyclic) bond motifs is 6. The monoisotopic (exact) mass is 418 g/mol. The summed E-state index contributed by atoms with van der Waals surface area (Å²) in [6.45, 7) is 5.40. The lowest BCUT2D eigenvalue weighted by Gasteiger charge is -2.56. The van der Waals surface area contributed by atoms with Crippen molar-refractivity contribution in [2.24, 2.45) is 46.8 Å². The van der Waals surface area contributed by atoms with E-state index in [0.29, 0.717) is 12.3 Å². The fourth-order valence-corrected chi connectivity index (χ4v) is 9.03. The predicted octanol–water partition coefficient (Wildman–Crippen LogP) is 6.51. The highest BCUT2D eigenvalue weighted by Crippen LogP contribution is 2.64. The first kappa shape index (κ1) is 20.0. The summed E-state index contributed by atoms with van der Waals surface area (Å²) in [4.78, 5) is 13.6. The molecule has 2 aromatic rings. The van der Waals surface area contributed by atoms with E-state index >= 15 is 0 Å². The third-order valence-electron chi connectivity index (χ3n) is 10.5. The van der Waals surface area contributed by atoms with Gasteiger partial charge < -0.3 is 0 Å². The highest BCUT2D eigenvalue weighted by Gasteiger charge is 2.58. The van der Waals surface area contributed by atoms with Gasteiger partial charge in [0.15, 0.2) is 5.78 Å². The van der Waals surface area contributed by atoms with Gasteiger partial charge in [0.05, 0.1) is 11.7 Å². The quantitative estimate of drug-likeness (QED) is 0.569. The normalized spacial score (nSPS) is 42.1. The van der Waals surface area contributed by atoms with Crippen LogP contribution in [0.15, 0.2) is 30.5 Å². The van der Waals surface area contributed by atoms with E-state index in [1.807, 2.05) is 23.0 Å². The fourth-order valence-electron chi connectivity index (χ4n) is 9.03. The Morgan fingerprint density at radius 3 is 2.77 bits per heavy atom. The molecule has 3 nitrogen and oxygen atoms in total. The second kappa shape index (κ2) is 7.46. The molecule has 31 heavy (non-hydrogen) atoms. The molecule has 0 amide bonds. The van der Waals surface area contributed by atoms with Gasteiger partial charge in [0.2, 0.25) is 0 Å². The third kappa shape index (κ3) is 3.13. The smallest absolute Gasteiger partial charge is 0.157 e. The van der Waals surface area contributed by atoms with E-state index in [0.717, 1.165) is 52.8 Å². The maximum atomic E-state index is 13.6. The van der Waals surface area contributed by atoms with Crippen molar-refractivity contribution in [1.82, 2.24) is 9.78 Å². The molecule has 0 radical (unpaired) electrons. The molecule has 0 spiro atoms. The second-order valence-corrected chi connectivity index (χ2v) is 11.9. The van der Waals surface area contributed by atoms with Crippen molar-refractivity contribution in [2.45, 2.75) is 78.2 Å². The number of hydrogen-bond acceptors (Lipinski definition) is 2. The molecule has 4 aliphatic rings. The zero-order valence-corrected chi connectivity index (χ0v) is 19.3. The molecule has 1 heterocycles. The molecule has 6 rings (SSSR count). The number of benzene rings is 1. The van der Waals surface area contributed by atoms with Crippen molar-refractivity contribution in [3.63, 3.8) is 0 Å². The van der Waals surface area contributed by atoms with E-state index in [4.69, 9.17) is 0 Å². The molecule has 1 aromatic carbocycles. The summed E-state index contributed by atoms with van der Waals surface area (Å²) in [7, 11) is 0. The SMILES string of the molecule is CC1CCC2C(CCC3C2CCC2(C)C(C(=O)Cn4ncc5ccccc54)CCC32)C1. The number of hydrogen-bond donors (Lipinski definition) is 0. The molecule has 4 fully saturated rings. The van der Waals surface area contributed by atoms with Crippen LogP contribution in [-0.4, -0.2) is 15.6 Å². The lowest BCUT2D eigenvalue weighted by atomic mass is 9.49. The van der Waals surface area contributed by atoms with Crippen LogP contribution in [0.2, 0.25) is 0 Å². The third-order valence-corrected chi connectivity index (χ3v) is 10.5. The van der Waals surface area contributed by atoms with Crippen LogP contribution in [0.4, 0.5) is 0 Å². The Labute approximate surface area is 187 Å². The van der Waals surface area contributed by atoms with Crippen LogP contribution < -0.4 is 0 Å². The molecule has 0 aliphatic heterocycles. The summed E-state index contributed by atoms with van der Waals surface area (Å²) in [6.07, 6.45) is 14.2. The lowest BCUT2D eigenvalue weighted by Crippen LogP contribution is -2.49. The van der Waals surface area contributed by atoms with Gasteiger partial charge in [-0.25, -0.2) is 0 Å². The largest absolute Gasteiger partial charge is 0.297 e. The molecule has 4 saturated carbocycles. The van der Waals surface area contributed by atoms with E-state index in [2.05, 4.69) is 31.1 Å². The van der Waals surface area contributed by atoms with Crippen molar-refractivity contribution in [1.29, 1.82) is 0 Å². The van der Waals surface area contributed by atoms with Gasteiger partial charge >= 0.3 is 0 Å². The van der Waals surface area contributed by atoms with Crippen LogP contribution >= 0.6 is 0 Å². The van der Waals surface area contributed by atoms with E-state index < -0.39 is 0 Å². The van der Waals surface area contributed by atoms with E-state index in [9.17, 15) is 4.79 Å². The van der Waals surface area contributed by atoms with E-state index in [-0.39, 0.29) is 11.3 Å². The molecule has 4 aliphatic carbocycles. The van der Waals surface area contributed by atoms with Gasteiger partial charge in [0, 0.05) is 11.3 Å². The summed E-state index contributed by atoms with van der Waals surface area (Å²) in [5.41, 5.74) is 1.31. The Bertz CT molecular complexity index is 978. The van der Waals surface area contributed by atoms with Crippen molar-refractivity contribution in [2.75, 3.05) is 0 Å². The van der Waals surface area contributed by atoms with Gasteiger partial charge in [0.25, 0.3) is 0 Å². The van der Waals surface area contributed by atoms with Gasteiger partial charge in [0.1, 0.15) is 6.54 Å². The predicted molar refractivity (Wildman–Crippen MR) is 125 cm³/mol. The van der Waals surface area contributed by atoms with Crippen LogP contribution in [0, 0.1) is 46.8 Å². The minimum absolute atomic E-state index is 0.218. The van der Waals surface area contributed by atoms with Crippen molar-refractivity contribution in [3.8, 4) is 0 Å². The van der Waals surface area contributed by atoms with Gasteiger partial charge in [-0.1, -0.05) is 38.5 Å². The Kier molecular flexibility index (Phi) is 4.81. The molecular formula is C28H38N2O. The number of nitrogens with zero attached hydrogens (tertiary/aromatic N) is 2. The first-order chi connectivity index (χ1) is 15.0. The van der Waals surface area contributed by atoms with Crippen LogP contribution in [0.5, 0.6) is 0 Å². The summed E-state index contributed by atoms with van der Waals surface area (Å²) in [6, 6.07) is 8.25. The number of carbonyl (C=O) groups is 1. The Morgan fingerprint density at radius 2 is 1.87 bits per heavy atom. The highest BCUT2D eigenvalue weighted by atomic mass is 16.1. The van der Waals surface area contributed by atoms with Crippen LogP contribution in [0.1, 0.15) is 71.6 Å². The molecule has 0 saturated heterocycles. The Balaban J connectivity index is 1.20. The molecular weight excluding hydrogens is 380 g/mol. The van der Waals surface area contributed by atoms with Gasteiger partial charge in [-0.2, -0.15) is 5.10 Å². The summed E-state index contributed by atoms with van der Waals surface area (Å²) in [5.74, 6) is 6.20. The standard InChI is InChI=1S/C28H38N2O/c1-18-7-9-21-19(15-18)8-10-23-22(21)13-14-28(2)24(23)11-12-25(28)27(31)17-30-26-6-4-3-5-20(26)16-29-30/h3-6,16,18-19,21-25H,7-15,17H2,1-2H3. The fraction of sp³-hybridized carbons (Fsp3) is 0.714. The molecule has 8 unspecified atom stereocenters. The second-order valence-electron chi connectivity index (χ2n) is 11.9. The zero-order valence-electron chi connectivity index (χ0n) is 19.3. The summed E-state index contributed by atoms with van der Waals surface area (Å²) < 4.78 is 1.94. The van der Waals surface area contributed by atoms with Crippen LogP contribution in [-0.2, 0) is 11.3 Å². The number of para-hydroxylation sites is 1. The first-order valence-corrected chi connectivity index (χ1v) is 13.0. The molecule has 3 heteroatoms. The molecule has 166 valence electrons. The number of carbonyl (C=O) groups excluding carboxylic acids is 1. The molecule has 0 bridgehead atoms. The van der Waals surface area contributed by atoms with Crippen molar-refractivity contribution >= 4 is 16.7 Å². The van der Waals surface area contributed by atoms with Gasteiger partial charge in [-0.15, -0.1) is 0 Å². The average molecular weight is 419 g/mol. The van der Waals surface area contributed by atoms with Crippen LogP contribution in [0.25, 0.3) is 10.9 Å². The Morgan fingerprint density at radius 1 is 1.03 bits per heavy atom. The molecule has 1 aromatic heterocycles. The Hall–Kier alpha value is -1.64. The highest BCUT2D eigenvalue weighted by molar-refractivity contribution is 5.85. The van der Waals surface area contributed by atoms with Crippen molar-refractivity contribution in [3.05, 3.63) is 30.5 Å². The lowest BCUT2D eigenvalue weighted by molar-refractivity contribution is -0.131. The van der Waals surface area contributed by atoms with E-state index in [1.54, 1.807) is 0 Å². The topological polar surface area (TPSA) is 34.9 Å². The average Bonchev–Trinajstić information content (AvgIpc) is 3.34. The van der Waals surface area contributed by atoms with Gasteiger partial charge in [-0.3, -0.25) is 9.48 Å². The minimum Gasteiger partial charge on any atom is -0.297 e. The van der Waals surface area contributed by atoms with Gasteiger partial charge in [-0.05, 0) is 98.4 Å². The molecule has 0 N–H and O–H groups in total. The maximum absolute atomic E-state index is 13.6. The summed E-state index contributed by atoms with van der Waals surface area (Å²) in [5, 5.41) is 5.68. The van der Waals surface area contributed by atoms with Crippen LogP contribution in [0.3, 0.4) is 0 Å². The maximum Gasteiger partial charge on any atom is 0.157 e. The first-order valence-electron chi connectivity index (χ1n) is 13.0. The zero-order chi connectivity index (χ0) is 21.2. The number of aromatic nitrogens is 2. The number of Topliss-reactive ketones (excluding diaryl/α,β-unsaturated/α-hetero) is 1. The van der Waals surface area contributed by atoms with E-state index in [1.165, 1.54) is 51.4 Å². The number of rotatable bonds is 3. The number of ketones is 1. The minimum atomic E-state index is 0.218. The van der Waals surface area contributed by atoms with Crippen molar-refractivity contribution < 1.29 is 4.79 Å².